The highest BCUT2D eigenvalue weighted by Crippen LogP contribution is 2.10. The van der Waals surface area contributed by atoms with Crippen LogP contribution in [-0.2, 0) is 4.74 Å². The second-order valence-corrected chi connectivity index (χ2v) is 4.32. The first-order valence-corrected chi connectivity index (χ1v) is 6.20. The van der Waals surface area contributed by atoms with Crippen molar-refractivity contribution in [3.05, 3.63) is 34.9 Å². The monoisotopic (exact) mass is 250 g/mol. The van der Waals surface area contributed by atoms with E-state index in [1.807, 2.05) is 32.0 Å². The fraction of sp³-hybridized carbons (Fsp3) is 0.500. The van der Waals surface area contributed by atoms with Crippen molar-refractivity contribution in [2.45, 2.75) is 13.8 Å². The molecule has 0 aliphatic heterocycles. The van der Waals surface area contributed by atoms with E-state index in [0.29, 0.717) is 13.2 Å². The van der Waals surface area contributed by atoms with Gasteiger partial charge in [0.1, 0.15) is 0 Å². The molecule has 0 atom stereocenters. The van der Waals surface area contributed by atoms with Crippen LogP contribution in [0.4, 0.5) is 0 Å². The summed E-state index contributed by atoms with van der Waals surface area (Å²) < 4.78 is 4.92. The van der Waals surface area contributed by atoms with Gasteiger partial charge < -0.3 is 15.4 Å². The summed E-state index contributed by atoms with van der Waals surface area (Å²) in [5.74, 6) is -0.00950. The predicted molar refractivity (Wildman–Crippen MR) is 73.0 cm³/mol. The van der Waals surface area contributed by atoms with Gasteiger partial charge >= 0.3 is 0 Å². The molecule has 1 amide bonds. The van der Waals surface area contributed by atoms with Gasteiger partial charge in [-0.15, -0.1) is 0 Å². The van der Waals surface area contributed by atoms with Gasteiger partial charge in [-0.3, -0.25) is 4.79 Å². The average molecular weight is 250 g/mol. The van der Waals surface area contributed by atoms with Crippen LogP contribution in [0.2, 0.25) is 0 Å². The third kappa shape index (κ3) is 4.85. The Kier molecular flexibility index (Phi) is 6.39. The van der Waals surface area contributed by atoms with Gasteiger partial charge in [-0.25, -0.2) is 0 Å². The van der Waals surface area contributed by atoms with Crippen LogP contribution in [0.3, 0.4) is 0 Å². The molecule has 0 saturated heterocycles. The van der Waals surface area contributed by atoms with E-state index in [4.69, 9.17) is 4.74 Å². The molecule has 0 unspecified atom stereocenters. The van der Waals surface area contributed by atoms with E-state index in [9.17, 15) is 4.79 Å². The third-order valence-electron chi connectivity index (χ3n) is 2.71. The lowest BCUT2D eigenvalue weighted by atomic mass is 10.1. The molecule has 1 aromatic carbocycles. The number of benzene rings is 1. The number of amides is 1. The van der Waals surface area contributed by atoms with Crippen LogP contribution in [0.25, 0.3) is 0 Å². The molecule has 0 aliphatic rings. The first-order valence-electron chi connectivity index (χ1n) is 6.20. The number of methoxy groups -OCH3 is 1. The van der Waals surface area contributed by atoms with E-state index in [2.05, 4.69) is 10.6 Å². The van der Waals surface area contributed by atoms with Crippen LogP contribution in [0.15, 0.2) is 18.2 Å². The Bertz CT molecular complexity index is 391. The fourth-order valence-corrected chi connectivity index (χ4v) is 1.64. The summed E-state index contributed by atoms with van der Waals surface area (Å²) in [5.41, 5.74) is 2.86. The van der Waals surface area contributed by atoms with E-state index >= 15 is 0 Å². The topological polar surface area (TPSA) is 50.4 Å². The zero-order valence-corrected chi connectivity index (χ0v) is 11.4. The van der Waals surface area contributed by atoms with Gasteiger partial charge in [0.2, 0.25) is 0 Å². The molecule has 0 heterocycles. The number of carbonyl (C=O) groups excluding carboxylic acids is 1. The van der Waals surface area contributed by atoms with E-state index in [0.717, 1.165) is 29.8 Å². The molecule has 0 fully saturated rings. The molecule has 1 rings (SSSR count). The molecule has 0 aromatic heterocycles. The summed E-state index contributed by atoms with van der Waals surface area (Å²) >= 11 is 0. The minimum atomic E-state index is -0.00950. The van der Waals surface area contributed by atoms with Crippen molar-refractivity contribution in [1.29, 1.82) is 0 Å². The Morgan fingerprint density at radius 3 is 2.72 bits per heavy atom. The van der Waals surface area contributed by atoms with Crippen molar-refractivity contribution in [2.75, 3.05) is 33.4 Å². The normalized spacial score (nSPS) is 10.4. The van der Waals surface area contributed by atoms with Crippen LogP contribution in [0.5, 0.6) is 0 Å². The maximum absolute atomic E-state index is 11.9. The Hall–Kier alpha value is -1.39. The maximum atomic E-state index is 11.9. The number of hydrogen-bond donors (Lipinski definition) is 2. The number of hydrogen-bond acceptors (Lipinski definition) is 3. The van der Waals surface area contributed by atoms with Gasteiger partial charge in [0, 0.05) is 32.3 Å². The van der Waals surface area contributed by atoms with Crippen LogP contribution in [0, 0.1) is 13.8 Å². The third-order valence-corrected chi connectivity index (χ3v) is 2.71. The number of rotatable bonds is 7. The quantitative estimate of drug-likeness (QED) is 0.717. The molecule has 0 aliphatic carbocycles. The average Bonchev–Trinajstić information content (AvgIpc) is 2.36. The van der Waals surface area contributed by atoms with Crippen molar-refractivity contribution in [3.8, 4) is 0 Å². The highest BCUT2D eigenvalue weighted by molar-refractivity contribution is 5.95. The van der Waals surface area contributed by atoms with E-state index in [1.54, 1.807) is 7.11 Å². The van der Waals surface area contributed by atoms with Crippen molar-refractivity contribution < 1.29 is 9.53 Å². The minimum absolute atomic E-state index is 0.00950. The molecule has 4 nitrogen and oxygen atoms in total. The molecule has 18 heavy (non-hydrogen) atoms. The number of nitrogens with one attached hydrogen (secondary N) is 2. The van der Waals surface area contributed by atoms with Gasteiger partial charge in [-0.2, -0.15) is 0 Å². The Labute approximate surface area is 109 Å². The van der Waals surface area contributed by atoms with Crippen molar-refractivity contribution in [3.63, 3.8) is 0 Å². The first kappa shape index (κ1) is 14.7. The highest BCUT2D eigenvalue weighted by atomic mass is 16.5. The lowest BCUT2D eigenvalue weighted by Crippen LogP contribution is -2.33. The largest absolute Gasteiger partial charge is 0.383 e. The molecule has 4 heteroatoms. The van der Waals surface area contributed by atoms with Gasteiger partial charge in [0.15, 0.2) is 0 Å². The first-order chi connectivity index (χ1) is 8.65. The highest BCUT2D eigenvalue weighted by Gasteiger charge is 2.07. The lowest BCUT2D eigenvalue weighted by Gasteiger charge is -2.09. The predicted octanol–water partition coefficient (Wildman–Crippen LogP) is 1.27. The van der Waals surface area contributed by atoms with Crippen LogP contribution >= 0.6 is 0 Å². The second-order valence-electron chi connectivity index (χ2n) is 4.32. The van der Waals surface area contributed by atoms with Gasteiger partial charge in [-0.05, 0) is 25.5 Å². The smallest absolute Gasteiger partial charge is 0.251 e. The molecular formula is C14H22N2O2. The molecule has 0 spiro atoms. The Morgan fingerprint density at radius 1 is 1.22 bits per heavy atom. The lowest BCUT2D eigenvalue weighted by molar-refractivity contribution is 0.0953. The molecule has 1 aromatic rings. The maximum Gasteiger partial charge on any atom is 0.251 e. The van der Waals surface area contributed by atoms with Crippen molar-refractivity contribution in [2.24, 2.45) is 0 Å². The molecule has 100 valence electrons. The van der Waals surface area contributed by atoms with E-state index < -0.39 is 0 Å². The summed E-state index contributed by atoms with van der Waals surface area (Å²) in [6.07, 6.45) is 0. The SMILES string of the molecule is COCCNCCNC(=O)c1cc(C)ccc1C. The standard InChI is InChI=1S/C14H22N2O2/c1-11-4-5-12(2)13(10-11)14(17)16-7-6-15-8-9-18-3/h4-5,10,15H,6-9H2,1-3H3,(H,16,17). The number of aryl methyl sites for hydroxylation is 2. The summed E-state index contributed by atoms with van der Waals surface area (Å²) in [6.45, 7) is 6.80. The minimum Gasteiger partial charge on any atom is -0.383 e. The molecule has 0 radical (unpaired) electrons. The van der Waals surface area contributed by atoms with E-state index in [-0.39, 0.29) is 5.91 Å². The summed E-state index contributed by atoms with van der Waals surface area (Å²) in [7, 11) is 1.67. The molecular weight excluding hydrogens is 228 g/mol. The van der Waals surface area contributed by atoms with Crippen molar-refractivity contribution in [1.82, 2.24) is 10.6 Å². The zero-order chi connectivity index (χ0) is 13.4. The molecule has 0 bridgehead atoms. The number of ether oxygens (including phenoxy) is 1. The fourth-order valence-electron chi connectivity index (χ4n) is 1.64. The van der Waals surface area contributed by atoms with Gasteiger partial charge in [-0.1, -0.05) is 17.7 Å². The van der Waals surface area contributed by atoms with Crippen LogP contribution < -0.4 is 10.6 Å². The van der Waals surface area contributed by atoms with Gasteiger partial charge in [0.25, 0.3) is 5.91 Å². The summed E-state index contributed by atoms with van der Waals surface area (Å²) in [6, 6.07) is 5.91. The zero-order valence-electron chi connectivity index (χ0n) is 11.4. The van der Waals surface area contributed by atoms with Crippen LogP contribution in [0.1, 0.15) is 21.5 Å². The Balaban J connectivity index is 2.34. The van der Waals surface area contributed by atoms with Crippen molar-refractivity contribution >= 4 is 5.91 Å². The second kappa shape index (κ2) is 7.84. The number of carbonyl (C=O) groups is 1. The van der Waals surface area contributed by atoms with Gasteiger partial charge in [0.05, 0.1) is 6.61 Å². The van der Waals surface area contributed by atoms with E-state index in [1.165, 1.54) is 0 Å². The summed E-state index contributed by atoms with van der Waals surface area (Å²) in [4.78, 5) is 11.9. The molecule has 0 saturated carbocycles. The summed E-state index contributed by atoms with van der Waals surface area (Å²) in [5, 5.41) is 6.08. The van der Waals surface area contributed by atoms with Crippen LogP contribution in [-0.4, -0.2) is 39.3 Å². The molecule has 2 N–H and O–H groups in total. The Morgan fingerprint density at radius 2 is 2.00 bits per heavy atom.